The third kappa shape index (κ3) is 3.62. The van der Waals surface area contributed by atoms with E-state index in [1.54, 1.807) is 19.1 Å². The van der Waals surface area contributed by atoms with Crippen molar-refractivity contribution in [1.82, 2.24) is 0 Å². The molecule has 0 bridgehead atoms. The van der Waals surface area contributed by atoms with Crippen LogP contribution in [0.1, 0.15) is 36.2 Å². The number of halogens is 2. The Hall–Kier alpha value is -0.730. The Morgan fingerprint density at radius 1 is 1.47 bits per heavy atom. The lowest BCUT2D eigenvalue weighted by Crippen LogP contribution is -2.13. The van der Waals surface area contributed by atoms with Gasteiger partial charge in [-0.1, -0.05) is 18.5 Å². The van der Waals surface area contributed by atoms with Crippen molar-refractivity contribution in [2.24, 2.45) is 0 Å². The Bertz CT molecular complexity index is 414. The van der Waals surface area contributed by atoms with Crippen LogP contribution in [0.25, 0.3) is 0 Å². The number of aryl methyl sites for hydroxylation is 1. The van der Waals surface area contributed by atoms with E-state index in [1.165, 1.54) is 0 Å². The van der Waals surface area contributed by atoms with E-state index in [9.17, 15) is 4.79 Å². The van der Waals surface area contributed by atoms with Gasteiger partial charge in [-0.25, -0.2) is 0 Å². The van der Waals surface area contributed by atoms with Crippen LogP contribution in [-0.2, 0) is 0 Å². The predicted octanol–water partition coefficient (Wildman–Crippen LogP) is 4.25. The highest BCUT2D eigenvalue weighted by Crippen LogP contribution is 2.28. The fourth-order valence-electron chi connectivity index (χ4n) is 1.39. The van der Waals surface area contributed by atoms with Gasteiger partial charge in [0.15, 0.2) is 5.78 Å². The summed E-state index contributed by atoms with van der Waals surface area (Å²) in [7, 11) is 0. The standard InChI is InChI=1S/C13H16Cl2O2/c1-4-5-17-12-6-8(2)11(15)7-10(12)13(16)9(3)14/h6-7,9H,4-5H2,1-3H3. The number of hydrogen-bond donors (Lipinski definition) is 0. The van der Waals surface area contributed by atoms with E-state index < -0.39 is 5.38 Å². The molecule has 0 amide bonds. The molecule has 1 unspecified atom stereocenters. The van der Waals surface area contributed by atoms with E-state index in [0.717, 1.165) is 12.0 Å². The Labute approximate surface area is 112 Å². The number of hydrogen-bond acceptors (Lipinski definition) is 2. The summed E-state index contributed by atoms with van der Waals surface area (Å²) in [6.45, 7) is 6.09. The average molecular weight is 275 g/mol. The summed E-state index contributed by atoms with van der Waals surface area (Å²) in [6, 6.07) is 3.41. The van der Waals surface area contributed by atoms with E-state index in [0.29, 0.717) is 22.9 Å². The van der Waals surface area contributed by atoms with E-state index in [2.05, 4.69) is 0 Å². The molecule has 94 valence electrons. The minimum Gasteiger partial charge on any atom is -0.493 e. The van der Waals surface area contributed by atoms with Crippen molar-refractivity contribution in [2.45, 2.75) is 32.6 Å². The van der Waals surface area contributed by atoms with Crippen LogP contribution in [0.15, 0.2) is 12.1 Å². The Morgan fingerprint density at radius 2 is 2.12 bits per heavy atom. The smallest absolute Gasteiger partial charge is 0.184 e. The molecule has 1 aromatic carbocycles. The maximum atomic E-state index is 11.9. The second-order valence-electron chi connectivity index (χ2n) is 3.93. The summed E-state index contributed by atoms with van der Waals surface area (Å²) in [6.07, 6.45) is 0.881. The van der Waals surface area contributed by atoms with Gasteiger partial charge in [0.25, 0.3) is 0 Å². The van der Waals surface area contributed by atoms with Gasteiger partial charge in [0.05, 0.1) is 17.5 Å². The van der Waals surface area contributed by atoms with Gasteiger partial charge < -0.3 is 4.74 Å². The first-order chi connectivity index (χ1) is 7.97. The van der Waals surface area contributed by atoms with Crippen molar-refractivity contribution in [1.29, 1.82) is 0 Å². The molecule has 0 aliphatic heterocycles. The molecule has 0 aliphatic carbocycles. The summed E-state index contributed by atoms with van der Waals surface area (Å²) < 4.78 is 5.56. The number of ketones is 1. The number of carbonyl (C=O) groups is 1. The van der Waals surface area contributed by atoms with Crippen LogP contribution >= 0.6 is 23.2 Å². The molecular formula is C13H16Cl2O2. The summed E-state index contributed by atoms with van der Waals surface area (Å²) >= 11 is 11.8. The highest BCUT2D eigenvalue weighted by atomic mass is 35.5. The van der Waals surface area contributed by atoms with E-state index in [-0.39, 0.29) is 5.78 Å². The molecule has 0 heterocycles. The van der Waals surface area contributed by atoms with Crippen LogP contribution in [-0.4, -0.2) is 17.8 Å². The van der Waals surface area contributed by atoms with Gasteiger partial charge >= 0.3 is 0 Å². The van der Waals surface area contributed by atoms with Crippen LogP contribution in [0.4, 0.5) is 0 Å². The van der Waals surface area contributed by atoms with E-state index in [1.807, 2.05) is 13.8 Å². The maximum Gasteiger partial charge on any atom is 0.184 e. The highest BCUT2D eigenvalue weighted by molar-refractivity contribution is 6.35. The lowest BCUT2D eigenvalue weighted by Gasteiger charge is -2.13. The van der Waals surface area contributed by atoms with Crippen LogP contribution in [0.2, 0.25) is 5.02 Å². The molecule has 1 rings (SSSR count). The van der Waals surface area contributed by atoms with Crippen molar-refractivity contribution in [3.05, 3.63) is 28.3 Å². The molecule has 0 saturated carbocycles. The molecule has 0 fully saturated rings. The van der Waals surface area contributed by atoms with Gasteiger partial charge in [-0.3, -0.25) is 4.79 Å². The third-order valence-electron chi connectivity index (χ3n) is 2.35. The number of ether oxygens (including phenoxy) is 1. The fraction of sp³-hybridized carbons (Fsp3) is 0.462. The topological polar surface area (TPSA) is 26.3 Å². The number of Topliss-reactive ketones (excluding diaryl/α,β-unsaturated/α-hetero) is 1. The van der Waals surface area contributed by atoms with Crippen LogP contribution in [0.3, 0.4) is 0 Å². The molecule has 4 heteroatoms. The molecule has 1 atom stereocenters. The molecule has 17 heavy (non-hydrogen) atoms. The SMILES string of the molecule is CCCOc1cc(C)c(Cl)cc1C(=O)C(C)Cl. The Balaban J connectivity index is 3.15. The summed E-state index contributed by atoms with van der Waals surface area (Å²) in [5.74, 6) is 0.394. The van der Waals surface area contributed by atoms with Crippen molar-refractivity contribution in [2.75, 3.05) is 6.61 Å². The molecule has 0 aliphatic rings. The van der Waals surface area contributed by atoms with Crippen LogP contribution < -0.4 is 4.74 Å². The predicted molar refractivity (Wildman–Crippen MR) is 71.6 cm³/mol. The average Bonchev–Trinajstić information content (AvgIpc) is 2.29. The first kappa shape index (κ1) is 14.3. The van der Waals surface area contributed by atoms with Crippen molar-refractivity contribution in [3.63, 3.8) is 0 Å². The molecular weight excluding hydrogens is 259 g/mol. The molecule has 0 saturated heterocycles. The van der Waals surface area contributed by atoms with Gasteiger partial charge in [0.2, 0.25) is 0 Å². The normalized spacial score (nSPS) is 12.3. The number of alkyl halides is 1. The maximum absolute atomic E-state index is 11.9. The van der Waals surface area contributed by atoms with Gasteiger partial charge in [-0.15, -0.1) is 11.6 Å². The van der Waals surface area contributed by atoms with Gasteiger partial charge in [0.1, 0.15) is 5.75 Å². The van der Waals surface area contributed by atoms with Gasteiger partial charge in [0, 0.05) is 5.02 Å². The quantitative estimate of drug-likeness (QED) is 0.593. The molecule has 0 spiro atoms. The Kier molecular flexibility index (Phi) is 5.29. The molecule has 0 N–H and O–H groups in total. The van der Waals surface area contributed by atoms with Crippen molar-refractivity contribution in [3.8, 4) is 5.75 Å². The Morgan fingerprint density at radius 3 is 2.65 bits per heavy atom. The zero-order valence-corrected chi connectivity index (χ0v) is 11.7. The van der Waals surface area contributed by atoms with Gasteiger partial charge in [-0.2, -0.15) is 0 Å². The van der Waals surface area contributed by atoms with Crippen LogP contribution in [0.5, 0.6) is 5.75 Å². The molecule has 2 nitrogen and oxygen atoms in total. The largest absolute Gasteiger partial charge is 0.493 e. The molecule has 0 aromatic heterocycles. The fourth-order valence-corrected chi connectivity index (χ4v) is 1.67. The zero-order chi connectivity index (χ0) is 13.0. The zero-order valence-electron chi connectivity index (χ0n) is 10.2. The molecule has 0 radical (unpaired) electrons. The van der Waals surface area contributed by atoms with Crippen molar-refractivity contribution >= 4 is 29.0 Å². The first-order valence-corrected chi connectivity index (χ1v) is 6.40. The molecule has 1 aromatic rings. The van der Waals surface area contributed by atoms with Crippen molar-refractivity contribution < 1.29 is 9.53 Å². The summed E-state index contributed by atoms with van der Waals surface area (Å²) in [4.78, 5) is 11.9. The number of rotatable bonds is 5. The second-order valence-corrected chi connectivity index (χ2v) is 4.99. The van der Waals surface area contributed by atoms with Crippen LogP contribution in [0, 0.1) is 6.92 Å². The number of benzene rings is 1. The van der Waals surface area contributed by atoms with Gasteiger partial charge in [-0.05, 0) is 38.0 Å². The second kappa shape index (κ2) is 6.27. The van der Waals surface area contributed by atoms with E-state index in [4.69, 9.17) is 27.9 Å². The number of carbonyl (C=O) groups excluding carboxylic acids is 1. The lowest BCUT2D eigenvalue weighted by atomic mass is 10.1. The minimum absolute atomic E-state index is 0.167. The summed E-state index contributed by atoms with van der Waals surface area (Å²) in [5, 5.41) is -0.0349. The third-order valence-corrected chi connectivity index (χ3v) is 2.95. The minimum atomic E-state index is -0.585. The van der Waals surface area contributed by atoms with E-state index >= 15 is 0 Å². The first-order valence-electron chi connectivity index (χ1n) is 5.58. The monoisotopic (exact) mass is 274 g/mol. The highest BCUT2D eigenvalue weighted by Gasteiger charge is 2.19. The summed E-state index contributed by atoms with van der Waals surface area (Å²) in [5.41, 5.74) is 1.34. The lowest BCUT2D eigenvalue weighted by molar-refractivity contribution is 0.0988.